The Labute approximate surface area is 378 Å². The fraction of sp³-hybridized carbons (Fsp3) is 0.686. The van der Waals surface area contributed by atoms with E-state index in [1.165, 1.54) is 51.4 Å². The van der Waals surface area contributed by atoms with Gasteiger partial charge >= 0.3 is 11.9 Å². The van der Waals surface area contributed by atoms with E-state index in [0.29, 0.717) is 36.7 Å². The van der Waals surface area contributed by atoms with Crippen molar-refractivity contribution in [2.75, 3.05) is 47.5 Å². The monoisotopic (exact) mass is 890 g/mol. The fourth-order valence-electron chi connectivity index (χ4n) is 5.91. The van der Waals surface area contributed by atoms with Crippen molar-refractivity contribution in [3.8, 4) is 0 Å². The molecule has 1 unspecified atom stereocenters. The predicted octanol–water partition coefficient (Wildman–Crippen LogP) is 12.3. The van der Waals surface area contributed by atoms with Crippen LogP contribution in [0.5, 0.6) is 0 Å². The molecule has 0 radical (unpaired) electrons. The van der Waals surface area contributed by atoms with Crippen molar-refractivity contribution in [1.82, 2.24) is 0 Å². The number of ether oxygens (including phenoxy) is 2. The van der Waals surface area contributed by atoms with Crippen LogP contribution in [-0.4, -0.2) is 81.2 Å². The molecule has 11 heteroatoms. The van der Waals surface area contributed by atoms with Crippen LogP contribution in [0.3, 0.4) is 0 Å². The normalized spacial score (nSPS) is 14.8. The van der Waals surface area contributed by atoms with E-state index in [9.17, 15) is 24.2 Å². The van der Waals surface area contributed by atoms with Crippen LogP contribution in [0.4, 0.5) is 0 Å². The molecule has 0 aliphatic rings. The van der Waals surface area contributed by atoms with Gasteiger partial charge in [0.15, 0.2) is 6.10 Å². The molecule has 0 heterocycles. The fourth-order valence-corrected chi connectivity index (χ4v) is 6.64. The summed E-state index contributed by atoms with van der Waals surface area (Å²) in [6.45, 7) is 3.99. The van der Waals surface area contributed by atoms with Gasteiger partial charge in [-0.05, 0) is 83.5 Å². The van der Waals surface area contributed by atoms with Gasteiger partial charge < -0.3 is 33.0 Å². The number of aliphatic hydroxyl groups excluding tert-OH is 1. The molecule has 10 nitrogen and oxygen atoms in total. The van der Waals surface area contributed by atoms with E-state index in [1.54, 1.807) is 6.08 Å². The number of quaternary nitrogens is 1. The van der Waals surface area contributed by atoms with E-state index in [4.69, 9.17) is 18.5 Å². The predicted molar refractivity (Wildman–Crippen MR) is 255 cm³/mol. The van der Waals surface area contributed by atoms with Gasteiger partial charge in [-0.1, -0.05) is 157 Å². The Kier molecular flexibility index (Phi) is 40.2. The molecule has 0 amide bonds. The maximum absolute atomic E-state index is 12.7. The molecular weight excluding hydrogens is 802 g/mol. The number of unbranched alkanes of at least 4 members (excludes halogenated alkanes) is 14. The third-order valence-electron chi connectivity index (χ3n) is 9.72. The molecule has 3 atom stereocenters. The van der Waals surface area contributed by atoms with Crippen LogP contribution in [0.15, 0.2) is 85.1 Å². The number of phosphoric acid groups is 1. The standard InChI is InChI=1S/C51H88NO9P/c1-6-8-10-12-14-15-16-17-18-19-20-21-22-23-24-25-26-31-35-39-43-51(55)61-49(47-60-62(56,57)59-45-44-52(3,4)5)46-58-50(54)42-38-34-30-28-27-29-33-37-41-48(53)40-36-32-13-11-9-7-2/h15-16,18-19,21-22,28-30,32-33,36-37,41,48-49,53H,6-14,17,20,23-27,31,34-35,38-40,42-47H2,1-5H3/b16-15-,19-18-,22-21-,30-28-,33-29-,36-32-,41-37+/t48-,49-/m1/s1. The summed E-state index contributed by atoms with van der Waals surface area (Å²) in [6, 6.07) is 0. The summed E-state index contributed by atoms with van der Waals surface area (Å²) in [5.74, 6) is -0.961. The van der Waals surface area contributed by atoms with Gasteiger partial charge in [-0.2, -0.15) is 0 Å². The first-order valence-electron chi connectivity index (χ1n) is 23.9. The number of hydrogen-bond acceptors (Lipinski definition) is 9. The van der Waals surface area contributed by atoms with Crippen molar-refractivity contribution in [2.45, 2.75) is 180 Å². The van der Waals surface area contributed by atoms with E-state index in [0.717, 1.165) is 64.2 Å². The first kappa shape index (κ1) is 59.1. The Balaban J connectivity index is 4.50. The molecule has 1 N–H and O–H groups in total. The smallest absolute Gasteiger partial charge is 0.306 e. The minimum absolute atomic E-state index is 0.0566. The maximum atomic E-state index is 12.7. The zero-order valence-electron chi connectivity index (χ0n) is 39.6. The molecule has 0 aromatic rings. The second kappa shape index (κ2) is 42.1. The van der Waals surface area contributed by atoms with Crippen molar-refractivity contribution in [3.05, 3.63) is 85.1 Å². The van der Waals surface area contributed by atoms with Crippen LogP contribution in [0.2, 0.25) is 0 Å². The summed E-state index contributed by atoms with van der Waals surface area (Å²) in [6.07, 6.45) is 50.7. The third-order valence-corrected chi connectivity index (χ3v) is 10.7. The molecule has 0 rings (SSSR count). The van der Waals surface area contributed by atoms with E-state index >= 15 is 0 Å². The van der Waals surface area contributed by atoms with E-state index in [-0.39, 0.29) is 26.1 Å². The molecular formula is C51H88NO9P. The van der Waals surface area contributed by atoms with Crippen molar-refractivity contribution in [1.29, 1.82) is 0 Å². The summed E-state index contributed by atoms with van der Waals surface area (Å²) in [4.78, 5) is 37.6. The van der Waals surface area contributed by atoms with Gasteiger partial charge in [0.05, 0.1) is 33.9 Å². The highest BCUT2D eigenvalue weighted by Crippen LogP contribution is 2.38. The number of hydrogen-bond donors (Lipinski definition) is 1. The first-order chi connectivity index (χ1) is 29.9. The molecule has 0 fully saturated rings. The third kappa shape index (κ3) is 45.2. The number of allylic oxidation sites excluding steroid dienone is 12. The highest BCUT2D eigenvalue weighted by Gasteiger charge is 2.21. The molecule has 0 bridgehead atoms. The van der Waals surface area contributed by atoms with Gasteiger partial charge in [0.25, 0.3) is 7.82 Å². The molecule has 62 heavy (non-hydrogen) atoms. The van der Waals surface area contributed by atoms with E-state index in [2.05, 4.69) is 56.4 Å². The van der Waals surface area contributed by atoms with Gasteiger partial charge in [-0.15, -0.1) is 0 Å². The zero-order valence-corrected chi connectivity index (χ0v) is 40.5. The first-order valence-corrected chi connectivity index (χ1v) is 25.4. The molecule has 356 valence electrons. The topological polar surface area (TPSA) is 131 Å². The Hall–Kier alpha value is -2.85. The Morgan fingerprint density at radius 2 is 1.10 bits per heavy atom. The SMILES string of the molecule is CCCCC/C=C\C[C@@H](O)/C=C/C=C\C/C=C\CCCC(=O)OC[C@H](COP(=O)([O-])OCC[N+](C)(C)C)OC(=O)CCCCCCCC/C=C\C/C=C\C/C=C\CCCCCC. The summed E-state index contributed by atoms with van der Waals surface area (Å²) in [5, 5.41) is 10.0. The van der Waals surface area contributed by atoms with Crippen molar-refractivity contribution < 1.29 is 47.2 Å². The molecule has 0 aliphatic heterocycles. The lowest BCUT2D eigenvalue weighted by molar-refractivity contribution is -0.870. The van der Waals surface area contributed by atoms with Gasteiger partial charge in [0, 0.05) is 12.8 Å². The maximum Gasteiger partial charge on any atom is 0.306 e. The average molecular weight is 890 g/mol. The number of nitrogens with zero attached hydrogens (tertiary/aromatic N) is 1. The molecule has 0 saturated carbocycles. The second-order valence-electron chi connectivity index (χ2n) is 17.0. The largest absolute Gasteiger partial charge is 0.756 e. The number of likely N-dealkylation sites (N-methyl/N-ethyl adjacent to an activating group) is 1. The summed E-state index contributed by atoms with van der Waals surface area (Å²) < 4.78 is 33.8. The van der Waals surface area contributed by atoms with Gasteiger partial charge in [0.2, 0.25) is 0 Å². The lowest BCUT2D eigenvalue weighted by Crippen LogP contribution is -2.37. The average Bonchev–Trinajstić information content (AvgIpc) is 3.22. The van der Waals surface area contributed by atoms with E-state index in [1.807, 2.05) is 57.6 Å². The number of aliphatic hydroxyl groups is 1. The van der Waals surface area contributed by atoms with Crippen molar-refractivity contribution in [2.24, 2.45) is 0 Å². The molecule has 0 spiro atoms. The second-order valence-corrected chi connectivity index (χ2v) is 18.4. The highest BCUT2D eigenvalue weighted by molar-refractivity contribution is 7.45. The van der Waals surface area contributed by atoms with Gasteiger partial charge in [-0.25, -0.2) is 0 Å². The summed E-state index contributed by atoms with van der Waals surface area (Å²) in [5.41, 5.74) is 0. The van der Waals surface area contributed by atoms with Crippen molar-refractivity contribution in [3.63, 3.8) is 0 Å². The lowest BCUT2D eigenvalue weighted by atomic mass is 10.1. The van der Waals surface area contributed by atoms with Crippen LogP contribution >= 0.6 is 7.82 Å². The van der Waals surface area contributed by atoms with Crippen LogP contribution in [0.1, 0.15) is 168 Å². The summed E-state index contributed by atoms with van der Waals surface area (Å²) >= 11 is 0. The van der Waals surface area contributed by atoms with Crippen LogP contribution in [0.25, 0.3) is 0 Å². The minimum Gasteiger partial charge on any atom is -0.756 e. The van der Waals surface area contributed by atoms with Crippen molar-refractivity contribution >= 4 is 19.8 Å². The quantitative estimate of drug-likeness (QED) is 0.0159. The number of carbonyl (C=O) groups is 2. The molecule has 0 aromatic heterocycles. The van der Waals surface area contributed by atoms with Crippen LogP contribution in [0, 0.1) is 0 Å². The number of carbonyl (C=O) groups excluding carboxylic acids is 2. The molecule has 0 aliphatic carbocycles. The van der Waals surface area contributed by atoms with E-state index < -0.39 is 38.6 Å². The van der Waals surface area contributed by atoms with Gasteiger partial charge in [0.1, 0.15) is 19.8 Å². The van der Waals surface area contributed by atoms with Crippen LogP contribution < -0.4 is 4.89 Å². The number of phosphoric ester groups is 1. The Morgan fingerprint density at radius 1 is 0.597 bits per heavy atom. The van der Waals surface area contributed by atoms with Gasteiger partial charge in [-0.3, -0.25) is 14.2 Å². The zero-order chi connectivity index (χ0) is 45.8. The molecule has 0 saturated heterocycles. The minimum atomic E-state index is -4.66. The number of rotatable bonds is 42. The highest BCUT2D eigenvalue weighted by atomic mass is 31.2. The Morgan fingerprint density at radius 3 is 1.73 bits per heavy atom. The Bertz CT molecular complexity index is 1340. The molecule has 0 aromatic carbocycles. The number of esters is 2. The summed E-state index contributed by atoms with van der Waals surface area (Å²) in [7, 11) is 1.08. The lowest BCUT2D eigenvalue weighted by Gasteiger charge is -2.28. The van der Waals surface area contributed by atoms with Crippen LogP contribution in [-0.2, 0) is 32.7 Å².